The molecule has 1 aromatic heterocycles. The molecular weight excluding hydrogens is 368 g/mol. The van der Waals surface area contributed by atoms with Gasteiger partial charge in [0, 0.05) is 29.1 Å². The average Bonchev–Trinajstić information content (AvgIpc) is 2.81. The Labute approximate surface area is 177 Å². The van der Waals surface area contributed by atoms with Crippen molar-refractivity contribution in [3.63, 3.8) is 0 Å². The van der Waals surface area contributed by atoms with Crippen LogP contribution in [0, 0.1) is 5.92 Å². The van der Waals surface area contributed by atoms with E-state index in [0.29, 0.717) is 12.6 Å². The summed E-state index contributed by atoms with van der Waals surface area (Å²) in [7, 11) is 0. The first-order valence-corrected chi connectivity index (χ1v) is 10.7. The Kier molecular flexibility index (Phi) is 5.20. The fourth-order valence-corrected chi connectivity index (χ4v) is 4.08. The SMILES string of the molecule is CC1NC[C@@H]1Cc1ccc(OCc2cc(-c3ccccc3)nc3ccccc23)cc1. The van der Waals surface area contributed by atoms with Gasteiger partial charge in [0.25, 0.3) is 0 Å². The first-order chi connectivity index (χ1) is 14.8. The van der Waals surface area contributed by atoms with Crippen LogP contribution in [0.1, 0.15) is 18.1 Å². The highest BCUT2D eigenvalue weighted by Gasteiger charge is 2.25. The molecule has 1 unspecified atom stereocenters. The van der Waals surface area contributed by atoms with Crippen LogP contribution in [-0.4, -0.2) is 17.6 Å². The van der Waals surface area contributed by atoms with E-state index in [1.54, 1.807) is 0 Å². The summed E-state index contributed by atoms with van der Waals surface area (Å²) in [6.07, 6.45) is 1.13. The first kappa shape index (κ1) is 18.8. The highest BCUT2D eigenvalue weighted by atomic mass is 16.5. The maximum absolute atomic E-state index is 6.17. The Morgan fingerprint density at radius 3 is 2.43 bits per heavy atom. The summed E-state index contributed by atoms with van der Waals surface area (Å²) in [4.78, 5) is 4.86. The fraction of sp³-hybridized carbons (Fsp3) is 0.222. The highest BCUT2D eigenvalue weighted by molar-refractivity contribution is 5.85. The molecule has 0 spiro atoms. The molecule has 0 bridgehead atoms. The van der Waals surface area contributed by atoms with E-state index in [4.69, 9.17) is 9.72 Å². The number of pyridine rings is 1. The second kappa shape index (κ2) is 8.29. The van der Waals surface area contributed by atoms with Crippen molar-refractivity contribution in [3.8, 4) is 17.0 Å². The van der Waals surface area contributed by atoms with Crippen LogP contribution in [0.5, 0.6) is 5.75 Å². The maximum atomic E-state index is 6.17. The molecule has 3 heteroatoms. The molecule has 150 valence electrons. The van der Waals surface area contributed by atoms with Gasteiger partial charge in [-0.25, -0.2) is 4.98 Å². The number of hydrogen-bond acceptors (Lipinski definition) is 3. The third kappa shape index (κ3) is 3.94. The number of ether oxygens (including phenoxy) is 1. The van der Waals surface area contributed by atoms with Crippen LogP contribution in [0.3, 0.4) is 0 Å². The van der Waals surface area contributed by atoms with Crippen molar-refractivity contribution in [2.45, 2.75) is 26.0 Å². The van der Waals surface area contributed by atoms with Gasteiger partial charge >= 0.3 is 0 Å². The van der Waals surface area contributed by atoms with Gasteiger partial charge in [0.05, 0.1) is 11.2 Å². The predicted molar refractivity (Wildman–Crippen MR) is 123 cm³/mol. The molecule has 0 radical (unpaired) electrons. The molecule has 4 aromatic rings. The summed E-state index contributed by atoms with van der Waals surface area (Å²) in [5, 5.41) is 4.57. The van der Waals surface area contributed by atoms with Crippen molar-refractivity contribution in [3.05, 3.63) is 96.1 Å². The van der Waals surface area contributed by atoms with Gasteiger partial charge in [0.15, 0.2) is 0 Å². The maximum Gasteiger partial charge on any atom is 0.119 e. The number of nitrogens with zero attached hydrogens (tertiary/aromatic N) is 1. The Balaban J connectivity index is 1.36. The van der Waals surface area contributed by atoms with Crippen molar-refractivity contribution >= 4 is 10.9 Å². The summed E-state index contributed by atoms with van der Waals surface area (Å²) >= 11 is 0. The molecule has 0 aliphatic carbocycles. The molecular formula is C27H26N2O. The van der Waals surface area contributed by atoms with Gasteiger partial charge in [-0.3, -0.25) is 0 Å². The fourth-order valence-electron chi connectivity index (χ4n) is 4.08. The topological polar surface area (TPSA) is 34.1 Å². The lowest BCUT2D eigenvalue weighted by molar-refractivity contribution is 0.249. The van der Waals surface area contributed by atoms with Gasteiger partial charge in [-0.1, -0.05) is 60.7 Å². The standard InChI is InChI=1S/C27H26N2O/c1-19-22(17-28-19)15-20-11-13-24(14-12-20)30-18-23-16-27(21-7-3-2-4-8-21)29-26-10-6-5-9-25(23)26/h2-14,16,19,22,28H,15,17-18H2,1H3/t19?,22-/m0/s1. The van der Waals surface area contributed by atoms with Crippen LogP contribution in [-0.2, 0) is 13.0 Å². The summed E-state index contributed by atoms with van der Waals surface area (Å²) in [6, 6.07) is 29.9. The third-order valence-corrected chi connectivity index (χ3v) is 6.10. The molecule has 0 amide bonds. The molecule has 3 nitrogen and oxygen atoms in total. The number of aromatic nitrogens is 1. The Hall–Kier alpha value is -3.17. The van der Waals surface area contributed by atoms with E-state index in [0.717, 1.165) is 52.4 Å². The van der Waals surface area contributed by atoms with Crippen LogP contribution in [0.25, 0.3) is 22.2 Å². The summed E-state index contributed by atoms with van der Waals surface area (Å²) in [6.45, 7) is 3.90. The van der Waals surface area contributed by atoms with Crippen molar-refractivity contribution in [2.24, 2.45) is 5.92 Å². The first-order valence-electron chi connectivity index (χ1n) is 10.7. The van der Waals surface area contributed by atoms with Crippen LogP contribution in [0.15, 0.2) is 84.9 Å². The number of hydrogen-bond donors (Lipinski definition) is 1. The minimum atomic E-state index is 0.520. The van der Waals surface area contributed by atoms with Gasteiger partial charge in [0.2, 0.25) is 0 Å². The summed E-state index contributed by atoms with van der Waals surface area (Å²) in [5.41, 5.74) is 5.62. The quantitative estimate of drug-likeness (QED) is 0.460. The van der Waals surface area contributed by atoms with E-state index < -0.39 is 0 Å². The molecule has 1 fully saturated rings. The van der Waals surface area contributed by atoms with Crippen molar-refractivity contribution < 1.29 is 4.74 Å². The van der Waals surface area contributed by atoms with Gasteiger partial charge in [-0.05, 0) is 49.1 Å². The minimum Gasteiger partial charge on any atom is -0.489 e. The normalized spacial score (nSPS) is 18.2. The van der Waals surface area contributed by atoms with Crippen LogP contribution < -0.4 is 10.1 Å². The Morgan fingerprint density at radius 1 is 0.933 bits per heavy atom. The number of fused-ring (bicyclic) bond motifs is 1. The molecule has 5 rings (SSSR count). The van der Waals surface area contributed by atoms with E-state index in [1.807, 2.05) is 24.3 Å². The molecule has 3 aromatic carbocycles. The minimum absolute atomic E-state index is 0.520. The van der Waals surface area contributed by atoms with Gasteiger partial charge in [0.1, 0.15) is 12.4 Å². The summed E-state index contributed by atoms with van der Waals surface area (Å²) < 4.78 is 6.17. The number of benzene rings is 3. The second-order valence-corrected chi connectivity index (χ2v) is 8.14. The monoisotopic (exact) mass is 394 g/mol. The van der Waals surface area contributed by atoms with Crippen molar-refractivity contribution in [1.29, 1.82) is 0 Å². The van der Waals surface area contributed by atoms with E-state index in [9.17, 15) is 0 Å². The van der Waals surface area contributed by atoms with Gasteiger partial charge in [-0.15, -0.1) is 0 Å². The molecule has 1 aliphatic rings. The molecule has 30 heavy (non-hydrogen) atoms. The molecule has 1 aliphatic heterocycles. The zero-order valence-corrected chi connectivity index (χ0v) is 17.2. The Morgan fingerprint density at radius 2 is 1.70 bits per heavy atom. The Bertz CT molecular complexity index is 1140. The molecule has 1 saturated heterocycles. The lowest BCUT2D eigenvalue weighted by Crippen LogP contribution is -2.51. The highest BCUT2D eigenvalue weighted by Crippen LogP contribution is 2.26. The van der Waals surface area contributed by atoms with Gasteiger partial charge < -0.3 is 10.1 Å². The molecule has 2 atom stereocenters. The van der Waals surface area contributed by atoms with Crippen LogP contribution in [0.4, 0.5) is 0 Å². The van der Waals surface area contributed by atoms with E-state index >= 15 is 0 Å². The van der Waals surface area contributed by atoms with Crippen molar-refractivity contribution in [1.82, 2.24) is 10.3 Å². The summed E-state index contributed by atoms with van der Waals surface area (Å²) in [5.74, 6) is 1.65. The number of nitrogens with one attached hydrogen (secondary N) is 1. The largest absolute Gasteiger partial charge is 0.489 e. The number of rotatable bonds is 6. The van der Waals surface area contributed by atoms with Gasteiger partial charge in [-0.2, -0.15) is 0 Å². The van der Waals surface area contributed by atoms with Crippen LogP contribution >= 0.6 is 0 Å². The smallest absolute Gasteiger partial charge is 0.119 e. The van der Waals surface area contributed by atoms with E-state index in [-0.39, 0.29) is 0 Å². The number of para-hydroxylation sites is 1. The zero-order chi connectivity index (χ0) is 20.3. The molecule has 1 N–H and O–H groups in total. The van der Waals surface area contributed by atoms with E-state index in [2.05, 4.69) is 72.9 Å². The average molecular weight is 395 g/mol. The predicted octanol–water partition coefficient (Wildman–Crippen LogP) is 5.63. The lowest BCUT2D eigenvalue weighted by atomic mass is 9.87. The third-order valence-electron chi connectivity index (χ3n) is 6.10. The van der Waals surface area contributed by atoms with E-state index in [1.165, 1.54) is 5.56 Å². The zero-order valence-electron chi connectivity index (χ0n) is 17.2. The lowest BCUT2D eigenvalue weighted by Gasteiger charge is -2.35. The molecule has 0 saturated carbocycles. The van der Waals surface area contributed by atoms with Crippen LogP contribution in [0.2, 0.25) is 0 Å². The van der Waals surface area contributed by atoms with Crippen molar-refractivity contribution in [2.75, 3.05) is 6.54 Å². The second-order valence-electron chi connectivity index (χ2n) is 8.14. The molecule has 2 heterocycles.